The summed E-state index contributed by atoms with van der Waals surface area (Å²) in [5.41, 5.74) is 5.46. The van der Waals surface area contributed by atoms with Crippen LogP contribution in [0.2, 0.25) is 0 Å². The van der Waals surface area contributed by atoms with Crippen LogP contribution in [0, 0.1) is 11.8 Å². The zero-order valence-electron chi connectivity index (χ0n) is 19.8. The molecule has 0 radical (unpaired) electrons. The number of rotatable bonds is 14. The highest BCUT2D eigenvalue weighted by Crippen LogP contribution is 2.13. The van der Waals surface area contributed by atoms with Gasteiger partial charge in [0.1, 0.15) is 18.1 Å². The van der Waals surface area contributed by atoms with E-state index in [1.165, 1.54) is 0 Å². The molecule has 1 aliphatic rings. The molecule has 0 aromatic carbocycles. The molecular formula is C22H41N5O5. The summed E-state index contributed by atoms with van der Waals surface area (Å²) in [5, 5.41) is 20.7. The van der Waals surface area contributed by atoms with Crippen LogP contribution in [0.15, 0.2) is 0 Å². The normalized spacial score (nSPS) is 19.6. The Bertz CT molecular complexity index is 636. The molecule has 1 saturated heterocycles. The van der Waals surface area contributed by atoms with Gasteiger partial charge in [0, 0.05) is 0 Å². The highest BCUT2D eigenvalue weighted by Gasteiger charge is 2.34. The van der Waals surface area contributed by atoms with Crippen molar-refractivity contribution in [1.82, 2.24) is 21.3 Å². The van der Waals surface area contributed by atoms with E-state index in [0.717, 1.165) is 19.4 Å². The number of carboxylic acid groups (broad SMARTS) is 1. The van der Waals surface area contributed by atoms with Crippen LogP contribution in [-0.2, 0) is 19.2 Å². The molecule has 5 unspecified atom stereocenters. The molecule has 0 bridgehead atoms. The molecule has 32 heavy (non-hydrogen) atoms. The van der Waals surface area contributed by atoms with Crippen LogP contribution >= 0.6 is 0 Å². The van der Waals surface area contributed by atoms with Gasteiger partial charge in [-0.15, -0.1) is 0 Å². The summed E-state index contributed by atoms with van der Waals surface area (Å²) in [7, 11) is 0. The van der Waals surface area contributed by atoms with Crippen LogP contribution in [0.3, 0.4) is 0 Å². The second-order valence-corrected chi connectivity index (χ2v) is 8.93. The lowest BCUT2D eigenvalue weighted by Gasteiger charge is -2.29. The van der Waals surface area contributed by atoms with Crippen molar-refractivity contribution in [3.63, 3.8) is 0 Å². The molecule has 10 nitrogen and oxygen atoms in total. The van der Waals surface area contributed by atoms with E-state index < -0.39 is 35.9 Å². The van der Waals surface area contributed by atoms with Crippen molar-refractivity contribution in [3.8, 4) is 0 Å². The lowest BCUT2D eigenvalue weighted by Crippen LogP contribution is -2.59. The number of hydrogen-bond donors (Lipinski definition) is 6. The number of carboxylic acids is 1. The highest BCUT2D eigenvalue weighted by molar-refractivity contribution is 5.94. The van der Waals surface area contributed by atoms with E-state index in [-0.39, 0.29) is 30.2 Å². The molecule has 1 aliphatic heterocycles. The number of carbonyl (C=O) groups is 4. The van der Waals surface area contributed by atoms with Crippen molar-refractivity contribution in [1.29, 1.82) is 0 Å². The van der Waals surface area contributed by atoms with E-state index >= 15 is 0 Å². The molecule has 7 N–H and O–H groups in total. The minimum atomic E-state index is -1.13. The average molecular weight is 456 g/mol. The lowest BCUT2D eigenvalue weighted by atomic mass is 9.96. The molecule has 5 atom stereocenters. The molecule has 0 spiro atoms. The summed E-state index contributed by atoms with van der Waals surface area (Å²) in [6.45, 7) is 8.56. The number of nitrogens with one attached hydrogen (secondary N) is 4. The van der Waals surface area contributed by atoms with Gasteiger partial charge in [-0.05, 0) is 57.0 Å². The van der Waals surface area contributed by atoms with E-state index in [0.29, 0.717) is 25.8 Å². The first-order chi connectivity index (χ1) is 15.1. The van der Waals surface area contributed by atoms with Crippen LogP contribution in [0.1, 0.15) is 66.2 Å². The van der Waals surface area contributed by atoms with Crippen molar-refractivity contribution in [2.75, 3.05) is 13.1 Å². The van der Waals surface area contributed by atoms with Crippen LogP contribution in [0.25, 0.3) is 0 Å². The smallest absolute Gasteiger partial charge is 0.326 e. The Kier molecular flexibility index (Phi) is 12.2. The van der Waals surface area contributed by atoms with Crippen LogP contribution < -0.4 is 27.0 Å². The van der Waals surface area contributed by atoms with E-state index in [2.05, 4.69) is 21.3 Å². The van der Waals surface area contributed by atoms with Crippen molar-refractivity contribution in [2.45, 2.75) is 90.4 Å². The third-order valence-electron chi connectivity index (χ3n) is 5.98. The first-order valence-electron chi connectivity index (χ1n) is 11.7. The van der Waals surface area contributed by atoms with Crippen LogP contribution in [0.5, 0.6) is 0 Å². The largest absolute Gasteiger partial charge is 0.480 e. The summed E-state index contributed by atoms with van der Waals surface area (Å²) in [6.07, 6.45) is 3.79. The monoisotopic (exact) mass is 455 g/mol. The maximum atomic E-state index is 13.1. The van der Waals surface area contributed by atoms with Crippen molar-refractivity contribution in [2.24, 2.45) is 17.6 Å². The molecule has 0 aliphatic carbocycles. The Morgan fingerprint density at radius 3 is 2.19 bits per heavy atom. The van der Waals surface area contributed by atoms with Gasteiger partial charge < -0.3 is 32.1 Å². The van der Waals surface area contributed by atoms with E-state index in [1.807, 2.05) is 13.8 Å². The first-order valence-corrected chi connectivity index (χ1v) is 11.7. The van der Waals surface area contributed by atoms with Gasteiger partial charge in [-0.2, -0.15) is 0 Å². The average Bonchev–Trinajstić information content (AvgIpc) is 3.28. The number of hydrogen-bond acceptors (Lipinski definition) is 6. The molecule has 0 saturated carbocycles. The van der Waals surface area contributed by atoms with Gasteiger partial charge in [0.15, 0.2) is 0 Å². The van der Waals surface area contributed by atoms with Gasteiger partial charge in [-0.1, -0.05) is 34.1 Å². The Balaban J connectivity index is 2.86. The lowest BCUT2D eigenvalue weighted by molar-refractivity contribution is -0.143. The Morgan fingerprint density at radius 2 is 1.69 bits per heavy atom. The topological polar surface area (TPSA) is 163 Å². The van der Waals surface area contributed by atoms with Crippen molar-refractivity contribution in [3.05, 3.63) is 0 Å². The Hall–Kier alpha value is -2.20. The molecule has 0 aromatic rings. The summed E-state index contributed by atoms with van der Waals surface area (Å²) in [5.74, 6) is -2.77. The highest BCUT2D eigenvalue weighted by atomic mass is 16.4. The summed E-state index contributed by atoms with van der Waals surface area (Å²) < 4.78 is 0. The van der Waals surface area contributed by atoms with Crippen LogP contribution in [0.4, 0.5) is 0 Å². The zero-order chi connectivity index (χ0) is 24.3. The summed E-state index contributed by atoms with van der Waals surface area (Å²) in [6, 6.07) is -3.08. The minimum absolute atomic E-state index is 0.140. The van der Waals surface area contributed by atoms with Gasteiger partial charge >= 0.3 is 5.97 Å². The molecule has 10 heteroatoms. The fraction of sp³-hybridized carbons (Fsp3) is 0.818. The second-order valence-electron chi connectivity index (χ2n) is 8.93. The number of amides is 3. The summed E-state index contributed by atoms with van der Waals surface area (Å²) >= 11 is 0. The Morgan fingerprint density at radius 1 is 1.03 bits per heavy atom. The molecule has 1 heterocycles. The zero-order valence-corrected chi connectivity index (χ0v) is 19.8. The van der Waals surface area contributed by atoms with Gasteiger partial charge in [0.25, 0.3) is 0 Å². The van der Waals surface area contributed by atoms with E-state index in [9.17, 15) is 24.3 Å². The molecule has 1 fully saturated rings. The maximum Gasteiger partial charge on any atom is 0.326 e. The van der Waals surface area contributed by atoms with Gasteiger partial charge in [0.05, 0.1) is 6.04 Å². The number of unbranched alkanes of at least 4 members (excludes halogenated alkanes) is 1. The van der Waals surface area contributed by atoms with Crippen molar-refractivity contribution < 1.29 is 24.3 Å². The molecule has 0 aromatic heterocycles. The fourth-order valence-electron chi connectivity index (χ4n) is 3.65. The van der Waals surface area contributed by atoms with Gasteiger partial charge in [-0.3, -0.25) is 14.4 Å². The number of carbonyl (C=O) groups excluding carboxylic acids is 3. The quantitative estimate of drug-likeness (QED) is 0.202. The molecule has 184 valence electrons. The fourth-order valence-corrected chi connectivity index (χ4v) is 3.65. The third kappa shape index (κ3) is 8.74. The summed E-state index contributed by atoms with van der Waals surface area (Å²) in [4.78, 5) is 50.1. The van der Waals surface area contributed by atoms with Crippen LogP contribution in [-0.4, -0.2) is 66.1 Å². The van der Waals surface area contributed by atoms with E-state index in [4.69, 9.17) is 5.73 Å². The van der Waals surface area contributed by atoms with Gasteiger partial charge in [0.2, 0.25) is 17.7 Å². The van der Waals surface area contributed by atoms with Gasteiger partial charge in [-0.25, -0.2) is 4.79 Å². The minimum Gasteiger partial charge on any atom is -0.480 e. The standard InChI is InChI=1S/C22H41N5O5/c1-5-14(4)18(27-19(28)15-10-8-12-24-15)21(30)26-17(13(2)3)20(29)25-16(22(31)32)9-6-7-11-23/h13-18,24H,5-12,23H2,1-4H3,(H,25,29)(H,26,30)(H,27,28)(H,31,32). The number of nitrogens with two attached hydrogens (primary N) is 1. The predicted octanol–water partition coefficient (Wildman–Crippen LogP) is 0.109. The van der Waals surface area contributed by atoms with Crippen molar-refractivity contribution >= 4 is 23.7 Å². The Labute approximate surface area is 190 Å². The maximum absolute atomic E-state index is 13.1. The first kappa shape index (κ1) is 27.8. The SMILES string of the molecule is CCC(C)C(NC(=O)C1CCCN1)C(=O)NC(C(=O)NC(CCCCN)C(=O)O)C(C)C. The molecular weight excluding hydrogens is 414 g/mol. The second kappa shape index (κ2) is 14.1. The molecule has 1 rings (SSSR count). The number of aliphatic carboxylic acids is 1. The predicted molar refractivity (Wildman–Crippen MR) is 122 cm³/mol. The van der Waals surface area contributed by atoms with E-state index in [1.54, 1.807) is 13.8 Å². The molecule has 3 amide bonds. The third-order valence-corrected chi connectivity index (χ3v) is 5.98.